The molecule has 5 heteroatoms. The lowest BCUT2D eigenvalue weighted by Gasteiger charge is -2.24. The molecule has 0 bridgehead atoms. The molecule has 2 saturated heterocycles. The van der Waals surface area contributed by atoms with Crippen molar-refractivity contribution in [3.8, 4) is 0 Å². The van der Waals surface area contributed by atoms with Crippen LogP contribution in [0.25, 0.3) is 0 Å². The van der Waals surface area contributed by atoms with Crippen molar-refractivity contribution in [3.05, 3.63) is 11.8 Å². The van der Waals surface area contributed by atoms with E-state index in [0.717, 1.165) is 37.1 Å². The number of nitrogens with two attached hydrogens (primary N) is 1. The number of piperidine rings is 1. The second-order valence-electron chi connectivity index (χ2n) is 6.86. The first-order valence-corrected chi connectivity index (χ1v) is 8.42. The number of hydrogen-bond acceptors (Lipinski definition) is 5. The molecule has 1 aromatic heterocycles. The lowest BCUT2D eigenvalue weighted by atomic mass is 9.94. The maximum Gasteiger partial charge on any atom is 0.222 e. The Morgan fingerprint density at radius 2 is 1.95 bits per heavy atom. The Hall–Kier alpha value is -1.36. The van der Waals surface area contributed by atoms with Gasteiger partial charge in [-0.15, -0.1) is 0 Å². The molecule has 2 atom stereocenters. The van der Waals surface area contributed by atoms with Gasteiger partial charge in [-0.1, -0.05) is 12.8 Å². The summed E-state index contributed by atoms with van der Waals surface area (Å²) in [6.45, 7) is 3.33. The topological polar surface area (TPSA) is 67.1 Å². The van der Waals surface area contributed by atoms with Crippen LogP contribution in [0.3, 0.4) is 0 Å². The Morgan fingerprint density at radius 1 is 1.10 bits per heavy atom. The second kappa shape index (κ2) is 5.44. The van der Waals surface area contributed by atoms with Gasteiger partial charge in [0.25, 0.3) is 0 Å². The highest BCUT2D eigenvalue weighted by Crippen LogP contribution is 2.35. The summed E-state index contributed by atoms with van der Waals surface area (Å²) < 4.78 is 0. The van der Waals surface area contributed by atoms with Gasteiger partial charge in [-0.3, -0.25) is 0 Å². The van der Waals surface area contributed by atoms with Gasteiger partial charge < -0.3 is 16.0 Å². The van der Waals surface area contributed by atoms with E-state index in [1.54, 1.807) is 0 Å². The van der Waals surface area contributed by atoms with Gasteiger partial charge in [-0.25, -0.2) is 4.98 Å². The van der Waals surface area contributed by atoms with E-state index in [0.29, 0.717) is 17.9 Å². The van der Waals surface area contributed by atoms with E-state index < -0.39 is 0 Å². The zero-order valence-corrected chi connectivity index (χ0v) is 12.6. The predicted molar refractivity (Wildman–Crippen MR) is 84.4 cm³/mol. The van der Waals surface area contributed by atoms with Crippen LogP contribution in [0.15, 0.2) is 6.07 Å². The molecule has 114 valence electrons. The molecule has 0 unspecified atom stereocenters. The number of anilines is 2. The number of aromatic nitrogens is 2. The van der Waals surface area contributed by atoms with E-state index >= 15 is 0 Å². The van der Waals surface area contributed by atoms with Crippen LogP contribution in [0.2, 0.25) is 0 Å². The molecule has 3 N–H and O–H groups in total. The maximum atomic E-state index is 5.98. The Balaban J connectivity index is 1.57. The fourth-order valence-corrected chi connectivity index (χ4v) is 4.30. The number of nitrogen functional groups attached to an aromatic ring is 1. The number of nitrogens with zero attached hydrogens (tertiary/aromatic N) is 3. The van der Waals surface area contributed by atoms with E-state index in [2.05, 4.69) is 26.3 Å². The van der Waals surface area contributed by atoms with Gasteiger partial charge >= 0.3 is 0 Å². The lowest BCUT2D eigenvalue weighted by Crippen LogP contribution is -2.40. The van der Waals surface area contributed by atoms with Gasteiger partial charge in [0.05, 0.1) is 5.69 Å². The van der Waals surface area contributed by atoms with Gasteiger partial charge in [0.2, 0.25) is 5.95 Å². The Kier molecular flexibility index (Phi) is 3.45. The molecule has 4 rings (SSSR count). The van der Waals surface area contributed by atoms with Crippen LogP contribution in [-0.2, 0) is 0 Å². The Morgan fingerprint density at radius 3 is 2.76 bits per heavy atom. The third-order valence-corrected chi connectivity index (χ3v) is 5.45. The van der Waals surface area contributed by atoms with E-state index in [1.807, 2.05) is 0 Å². The molecule has 3 aliphatic rings. The molecule has 0 amide bonds. The van der Waals surface area contributed by atoms with E-state index in [-0.39, 0.29) is 0 Å². The summed E-state index contributed by atoms with van der Waals surface area (Å²) in [4.78, 5) is 11.4. The van der Waals surface area contributed by atoms with Crippen LogP contribution in [-0.4, -0.2) is 35.6 Å². The number of rotatable bonds is 2. The van der Waals surface area contributed by atoms with Crippen LogP contribution in [0.5, 0.6) is 0 Å². The summed E-state index contributed by atoms with van der Waals surface area (Å²) in [5.74, 6) is 2.85. The first-order valence-electron chi connectivity index (χ1n) is 8.42. The second-order valence-corrected chi connectivity index (χ2v) is 6.86. The highest BCUT2D eigenvalue weighted by atomic mass is 15.3. The van der Waals surface area contributed by atoms with Crippen molar-refractivity contribution in [2.75, 3.05) is 30.3 Å². The van der Waals surface area contributed by atoms with Crippen molar-refractivity contribution in [2.24, 2.45) is 5.92 Å². The molecule has 0 aromatic carbocycles. The van der Waals surface area contributed by atoms with E-state index in [9.17, 15) is 0 Å². The molecular formula is C16H25N5. The molecule has 1 aromatic rings. The summed E-state index contributed by atoms with van der Waals surface area (Å²) in [6, 6.07) is 2.83. The van der Waals surface area contributed by atoms with Crippen molar-refractivity contribution in [1.82, 2.24) is 15.3 Å². The van der Waals surface area contributed by atoms with Crippen molar-refractivity contribution < 1.29 is 0 Å². The van der Waals surface area contributed by atoms with Crippen molar-refractivity contribution in [2.45, 2.75) is 50.5 Å². The molecule has 0 radical (unpaired) electrons. The van der Waals surface area contributed by atoms with Crippen LogP contribution in [0, 0.1) is 5.92 Å². The van der Waals surface area contributed by atoms with Crippen molar-refractivity contribution >= 4 is 11.8 Å². The fourth-order valence-electron chi connectivity index (χ4n) is 4.30. The standard InChI is InChI=1S/C16H25N5/c17-16-19-13(11-4-1-2-5-11)8-15(20-16)21-9-12-6-3-7-18-14(12)10-21/h8,11-12,14,18H,1-7,9-10H2,(H2,17,19,20)/t12-,14+/m1/s1. The summed E-state index contributed by atoms with van der Waals surface area (Å²) in [5, 5.41) is 3.65. The van der Waals surface area contributed by atoms with Crippen LogP contribution in [0.4, 0.5) is 11.8 Å². The van der Waals surface area contributed by atoms with Crippen LogP contribution in [0.1, 0.15) is 50.1 Å². The molecule has 3 heterocycles. The predicted octanol–water partition coefficient (Wildman–Crippen LogP) is 1.90. The SMILES string of the molecule is Nc1nc(C2CCCC2)cc(N2C[C@H]3CCCN[C@H]3C2)n1. The fraction of sp³-hybridized carbons (Fsp3) is 0.750. The first-order chi connectivity index (χ1) is 10.3. The Labute approximate surface area is 126 Å². The zero-order valence-electron chi connectivity index (χ0n) is 12.6. The van der Waals surface area contributed by atoms with Crippen LogP contribution >= 0.6 is 0 Å². The third-order valence-electron chi connectivity index (χ3n) is 5.45. The van der Waals surface area contributed by atoms with Gasteiger partial charge in [0.15, 0.2) is 0 Å². The first kappa shape index (κ1) is 13.3. The molecule has 5 nitrogen and oxygen atoms in total. The maximum absolute atomic E-state index is 5.98. The van der Waals surface area contributed by atoms with Crippen molar-refractivity contribution in [1.29, 1.82) is 0 Å². The van der Waals surface area contributed by atoms with Gasteiger partial charge in [0.1, 0.15) is 5.82 Å². The number of nitrogens with one attached hydrogen (secondary N) is 1. The molecule has 0 spiro atoms. The van der Waals surface area contributed by atoms with E-state index in [1.165, 1.54) is 38.5 Å². The Bertz CT molecular complexity index is 497. The highest BCUT2D eigenvalue weighted by Gasteiger charge is 2.35. The highest BCUT2D eigenvalue weighted by molar-refractivity contribution is 5.46. The summed E-state index contributed by atoms with van der Waals surface area (Å²) in [6.07, 6.45) is 7.78. The third kappa shape index (κ3) is 2.59. The van der Waals surface area contributed by atoms with Gasteiger partial charge in [-0.2, -0.15) is 4.98 Å². The van der Waals surface area contributed by atoms with Crippen LogP contribution < -0.4 is 16.0 Å². The molecule has 1 aliphatic carbocycles. The molecule has 2 aliphatic heterocycles. The lowest BCUT2D eigenvalue weighted by molar-refractivity contribution is 0.340. The number of hydrogen-bond donors (Lipinski definition) is 2. The average molecular weight is 287 g/mol. The number of fused-ring (bicyclic) bond motifs is 1. The van der Waals surface area contributed by atoms with Gasteiger partial charge in [-0.05, 0) is 38.1 Å². The van der Waals surface area contributed by atoms with Gasteiger partial charge in [0, 0.05) is 31.1 Å². The molecule has 21 heavy (non-hydrogen) atoms. The minimum Gasteiger partial charge on any atom is -0.368 e. The smallest absolute Gasteiger partial charge is 0.222 e. The summed E-state index contributed by atoms with van der Waals surface area (Å²) in [5.41, 5.74) is 7.14. The minimum absolute atomic E-state index is 0.442. The normalized spacial score (nSPS) is 29.8. The zero-order chi connectivity index (χ0) is 14.2. The van der Waals surface area contributed by atoms with E-state index in [4.69, 9.17) is 5.73 Å². The molecule has 3 fully saturated rings. The monoisotopic (exact) mass is 287 g/mol. The minimum atomic E-state index is 0.442. The summed E-state index contributed by atoms with van der Waals surface area (Å²) in [7, 11) is 0. The quantitative estimate of drug-likeness (QED) is 0.869. The molecule has 1 saturated carbocycles. The largest absolute Gasteiger partial charge is 0.368 e. The molecular weight excluding hydrogens is 262 g/mol. The average Bonchev–Trinajstić information content (AvgIpc) is 3.16. The summed E-state index contributed by atoms with van der Waals surface area (Å²) >= 11 is 0. The van der Waals surface area contributed by atoms with Crippen molar-refractivity contribution in [3.63, 3.8) is 0 Å².